The first kappa shape index (κ1) is 13.6. The van der Waals surface area contributed by atoms with E-state index >= 15 is 0 Å². The van der Waals surface area contributed by atoms with Crippen molar-refractivity contribution in [1.82, 2.24) is 10.2 Å². The molecule has 0 unspecified atom stereocenters. The molecule has 0 aliphatic carbocycles. The van der Waals surface area contributed by atoms with E-state index < -0.39 is 0 Å². The highest BCUT2D eigenvalue weighted by Gasteiger charge is 2.29. The number of rotatable bonds is 5. The third kappa shape index (κ3) is 3.36. The van der Waals surface area contributed by atoms with Crippen molar-refractivity contribution in [3.05, 3.63) is 23.2 Å². The van der Waals surface area contributed by atoms with Crippen molar-refractivity contribution in [3.63, 3.8) is 0 Å². The molecule has 1 fully saturated rings. The van der Waals surface area contributed by atoms with E-state index in [0.717, 1.165) is 31.2 Å². The van der Waals surface area contributed by atoms with Crippen molar-refractivity contribution in [2.75, 3.05) is 19.6 Å². The topological polar surface area (TPSA) is 28.4 Å². The quantitative estimate of drug-likeness (QED) is 0.871. The molecule has 102 valence electrons. The van der Waals surface area contributed by atoms with Crippen LogP contribution >= 0.6 is 0 Å². The van der Waals surface area contributed by atoms with Gasteiger partial charge in [-0.05, 0) is 37.9 Å². The Morgan fingerprint density at radius 3 is 2.83 bits per heavy atom. The van der Waals surface area contributed by atoms with Gasteiger partial charge in [0.25, 0.3) is 0 Å². The smallest absolute Gasteiger partial charge is 0.118 e. The molecule has 1 aliphatic heterocycles. The number of hydrogen-bond donors (Lipinski definition) is 1. The molecule has 18 heavy (non-hydrogen) atoms. The summed E-state index contributed by atoms with van der Waals surface area (Å²) >= 11 is 0. The van der Waals surface area contributed by atoms with Gasteiger partial charge in [-0.3, -0.25) is 4.90 Å². The molecule has 0 aromatic carbocycles. The van der Waals surface area contributed by atoms with Crippen LogP contribution in [-0.4, -0.2) is 24.5 Å². The summed E-state index contributed by atoms with van der Waals surface area (Å²) in [7, 11) is 0. The molecule has 1 saturated heterocycles. The highest BCUT2D eigenvalue weighted by molar-refractivity contribution is 5.21. The monoisotopic (exact) mass is 250 g/mol. The van der Waals surface area contributed by atoms with E-state index in [1.54, 1.807) is 0 Å². The van der Waals surface area contributed by atoms with Crippen molar-refractivity contribution in [1.29, 1.82) is 0 Å². The van der Waals surface area contributed by atoms with E-state index in [0.29, 0.717) is 5.41 Å². The zero-order valence-electron chi connectivity index (χ0n) is 12.2. The molecular formula is C15H26N2O. The van der Waals surface area contributed by atoms with Gasteiger partial charge in [-0.15, -0.1) is 0 Å². The number of hydrogen-bond acceptors (Lipinski definition) is 3. The lowest BCUT2D eigenvalue weighted by molar-refractivity contribution is 0.282. The molecule has 0 bridgehead atoms. The summed E-state index contributed by atoms with van der Waals surface area (Å²) in [6.07, 6.45) is 1.30. The van der Waals surface area contributed by atoms with Gasteiger partial charge in [-0.25, -0.2) is 0 Å². The Balaban J connectivity index is 1.95. The fourth-order valence-electron chi connectivity index (χ4n) is 2.68. The second-order valence-electron chi connectivity index (χ2n) is 6.20. The molecule has 0 spiro atoms. The van der Waals surface area contributed by atoms with Crippen molar-refractivity contribution in [2.45, 2.75) is 47.2 Å². The first-order valence-electron chi connectivity index (χ1n) is 7.01. The minimum Gasteiger partial charge on any atom is -0.465 e. The van der Waals surface area contributed by atoms with Gasteiger partial charge in [0.05, 0.1) is 6.54 Å². The maximum absolute atomic E-state index is 5.79. The number of nitrogens with one attached hydrogen (secondary N) is 1. The first-order valence-corrected chi connectivity index (χ1v) is 7.01. The van der Waals surface area contributed by atoms with Crippen molar-refractivity contribution >= 4 is 0 Å². The number of furan rings is 1. The van der Waals surface area contributed by atoms with Crippen molar-refractivity contribution in [3.8, 4) is 0 Å². The fourth-order valence-corrected chi connectivity index (χ4v) is 2.68. The highest BCUT2D eigenvalue weighted by Crippen LogP contribution is 2.30. The van der Waals surface area contributed by atoms with Crippen LogP contribution in [0.5, 0.6) is 0 Å². The molecule has 3 nitrogen and oxygen atoms in total. The largest absolute Gasteiger partial charge is 0.465 e. The van der Waals surface area contributed by atoms with E-state index in [9.17, 15) is 0 Å². The molecule has 1 aromatic rings. The van der Waals surface area contributed by atoms with Crippen LogP contribution in [0.1, 0.15) is 44.3 Å². The van der Waals surface area contributed by atoms with E-state index in [2.05, 4.69) is 44.0 Å². The SMILES string of the molecule is CCNCc1cc(CN2CCC(C)(C)C2)c(C)o1. The zero-order chi connectivity index (χ0) is 13.2. The van der Waals surface area contributed by atoms with Gasteiger partial charge >= 0.3 is 0 Å². The summed E-state index contributed by atoms with van der Waals surface area (Å²) in [6, 6.07) is 2.21. The standard InChI is InChI=1S/C15H26N2O/c1-5-16-9-14-8-13(12(2)18-14)10-17-7-6-15(3,4)11-17/h8,16H,5-7,9-11H2,1-4H3. The van der Waals surface area contributed by atoms with Crippen LogP contribution < -0.4 is 5.32 Å². The average molecular weight is 250 g/mol. The lowest BCUT2D eigenvalue weighted by atomic mass is 9.93. The molecule has 1 aliphatic rings. The summed E-state index contributed by atoms with van der Waals surface area (Å²) in [4.78, 5) is 2.54. The molecule has 1 aromatic heterocycles. The summed E-state index contributed by atoms with van der Waals surface area (Å²) < 4.78 is 5.79. The van der Waals surface area contributed by atoms with Crippen LogP contribution in [0.3, 0.4) is 0 Å². The number of aryl methyl sites for hydroxylation is 1. The normalized spacial score (nSPS) is 19.6. The Morgan fingerprint density at radius 2 is 2.22 bits per heavy atom. The first-order chi connectivity index (χ1) is 8.50. The third-order valence-electron chi connectivity index (χ3n) is 3.77. The second kappa shape index (κ2) is 5.45. The van der Waals surface area contributed by atoms with Crippen LogP contribution in [0.25, 0.3) is 0 Å². The lowest BCUT2D eigenvalue weighted by Crippen LogP contribution is -2.22. The summed E-state index contributed by atoms with van der Waals surface area (Å²) in [5, 5.41) is 3.30. The average Bonchev–Trinajstić information content (AvgIpc) is 2.80. The van der Waals surface area contributed by atoms with Gasteiger partial charge < -0.3 is 9.73 Å². The van der Waals surface area contributed by atoms with Crippen LogP contribution in [-0.2, 0) is 13.1 Å². The molecule has 0 atom stereocenters. The molecule has 0 radical (unpaired) electrons. The maximum Gasteiger partial charge on any atom is 0.118 e. The van der Waals surface area contributed by atoms with Crippen molar-refractivity contribution < 1.29 is 4.42 Å². The Morgan fingerprint density at radius 1 is 1.44 bits per heavy atom. The lowest BCUT2D eigenvalue weighted by Gasteiger charge is -2.19. The Labute approximate surface area is 111 Å². The Bertz CT molecular complexity index is 395. The summed E-state index contributed by atoms with van der Waals surface area (Å²) in [6.45, 7) is 14.1. The molecule has 3 heteroatoms. The van der Waals surface area contributed by atoms with E-state index in [-0.39, 0.29) is 0 Å². The molecular weight excluding hydrogens is 224 g/mol. The number of likely N-dealkylation sites (tertiary alicyclic amines) is 1. The summed E-state index contributed by atoms with van der Waals surface area (Å²) in [5.41, 5.74) is 1.82. The second-order valence-corrected chi connectivity index (χ2v) is 6.20. The van der Waals surface area contributed by atoms with Gasteiger partial charge in [0, 0.05) is 18.7 Å². The van der Waals surface area contributed by atoms with Gasteiger partial charge in [0.15, 0.2) is 0 Å². The van der Waals surface area contributed by atoms with Gasteiger partial charge in [-0.2, -0.15) is 0 Å². The van der Waals surface area contributed by atoms with Crippen LogP contribution in [0.15, 0.2) is 10.5 Å². The van der Waals surface area contributed by atoms with Gasteiger partial charge in [0.1, 0.15) is 11.5 Å². The maximum atomic E-state index is 5.79. The van der Waals surface area contributed by atoms with Crippen LogP contribution in [0.4, 0.5) is 0 Å². The molecule has 2 heterocycles. The fraction of sp³-hybridized carbons (Fsp3) is 0.733. The van der Waals surface area contributed by atoms with E-state index in [1.165, 1.54) is 25.1 Å². The van der Waals surface area contributed by atoms with Crippen LogP contribution in [0, 0.1) is 12.3 Å². The Kier molecular flexibility index (Phi) is 4.13. The Hall–Kier alpha value is -0.800. The van der Waals surface area contributed by atoms with Crippen LogP contribution in [0.2, 0.25) is 0 Å². The molecule has 0 saturated carbocycles. The van der Waals surface area contributed by atoms with E-state index in [1.807, 2.05) is 0 Å². The minimum atomic E-state index is 0.476. The predicted molar refractivity (Wildman–Crippen MR) is 74.5 cm³/mol. The number of nitrogens with zero attached hydrogens (tertiary/aromatic N) is 1. The van der Waals surface area contributed by atoms with Gasteiger partial charge in [0.2, 0.25) is 0 Å². The van der Waals surface area contributed by atoms with E-state index in [4.69, 9.17) is 4.42 Å². The van der Waals surface area contributed by atoms with Gasteiger partial charge in [-0.1, -0.05) is 20.8 Å². The zero-order valence-corrected chi connectivity index (χ0v) is 12.2. The highest BCUT2D eigenvalue weighted by atomic mass is 16.3. The molecule has 0 amide bonds. The third-order valence-corrected chi connectivity index (χ3v) is 3.77. The van der Waals surface area contributed by atoms with Crippen molar-refractivity contribution in [2.24, 2.45) is 5.41 Å². The summed E-state index contributed by atoms with van der Waals surface area (Å²) in [5.74, 6) is 2.13. The predicted octanol–water partition coefficient (Wildman–Crippen LogP) is 2.93. The molecule has 2 rings (SSSR count). The minimum absolute atomic E-state index is 0.476. The molecule has 1 N–H and O–H groups in total.